The van der Waals surface area contributed by atoms with E-state index in [-0.39, 0.29) is 4.75 Å². The summed E-state index contributed by atoms with van der Waals surface area (Å²) in [6.45, 7) is 9.02. The van der Waals surface area contributed by atoms with Crippen molar-refractivity contribution in [1.82, 2.24) is 10.2 Å². The zero-order chi connectivity index (χ0) is 17.1. The molecule has 1 aliphatic heterocycles. The van der Waals surface area contributed by atoms with E-state index in [1.165, 1.54) is 0 Å². The van der Waals surface area contributed by atoms with E-state index in [1.807, 2.05) is 29.2 Å². The van der Waals surface area contributed by atoms with Crippen molar-refractivity contribution in [2.45, 2.75) is 49.1 Å². The fraction of sp³-hybridized carbons (Fsp3) is 0.647. The van der Waals surface area contributed by atoms with E-state index in [9.17, 15) is 13.2 Å². The Labute approximate surface area is 140 Å². The highest BCUT2D eigenvalue weighted by Crippen LogP contribution is 2.41. The van der Waals surface area contributed by atoms with Crippen LogP contribution in [0.25, 0.3) is 0 Å². The second-order valence-corrected chi connectivity index (χ2v) is 8.74. The molecule has 0 spiro atoms. The number of rotatable bonds is 4. The fourth-order valence-corrected chi connectivity index (χ4v) is 3.96. The van der Waals surface area contributed by atoms with E-state index in [2.05, 4.69) is 26.1 Å². The van der Waals surface area contributed by atoms with Crippen LogP contribution in [-0.2, 0) is 0 Å². The minimum absolute atomic E-state index is 0.0393. The van der Waals surface area contributed by atoms with Crippen LogP contribution in [0.1, 0.15) is 38.8 Å². The predicted octanol–water partition coefficient (Wildman–Crippen LogP) is 4.48. The van der Waals surface area contributed by atoms with E-state index in [4.69, 9.17) is 0 Å². The molecule has 0 bridgehead atoms. The average molecular weight is 346 g/mol. The van der Waals surface area contributed by atoms with Gasteiger partial charge in [0.2, 0.25) is 0 Å². The Morgan fingerprint density at radius 1 is 1.13 bits per heavy atom. The molecule has 1 heterocycles. The molecule has 1 saturated heterocycles. The van der Waals surface area contributed by atoms with Crippen molar-refractivity contribution >= 4 is 11.8 Å². The number of halogens is 3. The Kier molecular flexibility index (Phi) is 6.03. The number of alkyl halides is 3. The van der Waals surface area contributed by atoms with Gasteiger partial charge in [-0.3, -0.25) is 4.90 Å². The largest absolute Gasteiger partial charge is 0.390 e. The molecular formula is C17H25F3N2S. The van der Waals surface area contributed by atoms with E-state index in [0.717, 1.165) is 23.5 Å². The smallest absolute Gasteiger partial charge is 0.314 e. The van der Waals surface area contributed by atoms with Crippen molar-refractivity contribution in [3.8, 4) is 0 Å². The maximum atomic E-state index is 13.2. The van der Waals surface area contributed by atoms with Crippen LogP contribution in [0, 0.1) is 0 Å². The zero-order valence-corrected chi connectivity index (χ0v) is 14.7. The molecule has 1 aromatic carbocycles. The van der Waals surface area contributed by atoms with Crippen LogP contribution in [0.2, 0.25) is 0 Å². The predicted molar refractivity (Wildman–Crippen MR) is 89.9 cm³/mol. The van der Waals surface area contributed by atoms with Gasteiger partial charge in [0.05, 0.1) is 6.42 Å². The molecule has 1 atom stereocenters. The van der Waals surface area contributed by atoms with Crippen LogP contribution in [0.5, 0.6) is 0 Å². The summed E-state index contributed by atoms with van der Waals surface area (Å²) in [5, 5.41) is 3.21. The Bertz CT molecular complexity index is 505. The molecule has 1 aromatic rings. The molecule has 0 unspecified atom stereocenters. The van der Waals surface area contributed by atoms with Crippen LogP contribution < -0.4 is 5.32 Å². The van der Waals surface area contributed by atoms with Crippen LogP contribution >= 0.6 is 11.8 Å². The van der Waals surface area contributed by atoms with Crippen molar-refractivity contribution in [2.24, 2.45) is 0 Å². The minimum atomic E-state index is -4.17. The molecule has 2 nitrogen and oxygen atoms in total. The third kappa shape index (κ3) is 6.01. The van der Waals surface area contributed by atoms with Gasteiger partial charge in [-0.25, -0.2) is 0 Å². The lowest BCUT2D eigenvalue weighted by Crippen LogP contribution is -2.46. The molecule has 6 heteroatoms. The summed E-state index contributed by atoms with van der Waals surface area (Å²) in [7, 11) is 0. The Morgan fingerprint density at radius 3 is 2.30 bits per heavy atom. The molecule has 1 fully saturated rings. The first-order valence-corrected chi connectivity index (χ1v) is 8.77. The number of hydrogen-bond donors (Lipinski definition) is 1. The maximum Gasteiger partial charge on any atom is 0.390 e. The number of nitrogens with one attached hydrogen (secondary N) is 1. The average Bonchev–Trinajstić information content (AvgIpc) is 2.44. The lowest BCUT2D eigenvalue weighted by molar-refractivity contribution is -0.149. The van der Waals surface area contributed by atoms with Gasteiger partial charge in [0.1, 0.15) is 0 Å². The molecule has 0 radical (unpaired) electrons. The van der Waals surface area contributed by atoms with Crippen molar-refractivity contribution in [3.05, 3.63) is 29.8 Å². The van der Waals surface area contributed by atoms with E-state index in [0.29, 0.717) is 13.1 Å². The molecule has 23 heavy (non-hydrogen) atoms. The Hall–Kier alpha value is -0.720. The summed E-state index contributed by atoms with van der Waals surface area (Å²) >= 11 is 1.64. The van der Waals surface area contributed by atoms with Gasteiger partial charge in [0.15, 0.2) is 0 Å². The summed E-state index contributed by atoms with van der Waals surface area (Å²) in [6, 6.07) is 6.93. The monoisotopic (exact) mass is 346 g/mol. The third-order valence-electron chi connectivity index (χ3n) is 3.71. The summed E-state index contributed by atoms with van der Waals surface area (Å²) < 4.78 is 39.5. The standard InChI is InChI=1S/C17H25F3N2S/c1-16(2,3)23-15-7-5-4-6-13(15)14(12-17(18,19)20)22-10-8-21-9-11-22/h4-7,14,21H,8-12H2,1-3H3/t14-/m0/s1. The zero-order valence-electron chi connectivity index (χ0n) is 13.9. The van der Waals surface area contributed by atoms with E-state index in [1.54, 1.807) is 11.8 Å². The van der Waals surface area contributed by atoms with Crippen LogP contribution in [0.4, 0.5) is 13.2 Å². The number of nitrogens with zero attached hydrogens (tertiary/aromatic N) is 1. The van der Waals surface area contributed by atoms with Crippen molar-refractivity contribution in [2.75, 3.05) is 26.2 Å². The van der Waals surface area contributed by atoms with Crippen LogP contribution in [0.15, 0.2) is 29.2 Å². The first kappa shape index (κ1) is 18.6. The van der Waals surface area contributed by atoms with Crippen LogP contribution in [-0.4, -0.2) is 42.0 Å². The van der Waals surface area contributed by atoms with E-state index >= 15 is 0 Å². The highest BCUT2D eigenvalue weighted by Gasteiger charge is 2.37. The van der Waals surface area contributed by atoms with Gasteiger partial charge in [-0.2, -0.15) is 13.2 Å². The highest BCUT2D eigenvalue weighted by molar-refractivity contribution is 8.00. The second kappa shape index (κ2) is 7.45. The molecule has 0 amide bonds. The van der Waals surface area contributed by atoms with Crippen molar-refractivity contribution in [3.63, 3.8) is 0 Å². The molecule has 0 saturated carbocycles. The SMILES string of the molecule is CC(C)(C)Sc1ccccc1[C@H](CC(F)(F)F)N1CCNCC1. The Balaban J connectivity index is 2.34. The van der Waals surface area contributed by atoms with Crippen molar-refractivity contribution < 1.29 is 13.2 Å². The number of hydrogen-bond acceptors (Lipinski definition) is 3. The number of piperazine rings is 1. The molecule has 1 N–H and O–H groups in total. The molecule has 130 valence electrons. The third-order valence-corrected chi connectivity index (χ3v) is 4.92. The van der Waals surface area contributed by atoms with Crippen LogP contribution in [0.3, 0.4) is 0 Å². The Morgan fingerprint density at radius 2 is 1.74 bits per heavy atom. The molecule has 0 aromatic heterocycles. The number of benzene rings is 1. The fourth-order valence-electron chi connectivity index (χ4n) is 2.83. The maximum absolute atomic E-state index is 13.2. The van der Waals surface area contributed by atoms with Gasteiger partial charge in [0, 0.05) is 41.9 Å². The van der Waals surface area contributed by atoms with Gasteiger partial charge < -0.3 is 5.32 Å². The first-order chi connectivity index (χ1) is 10.7. The lowest BCUT2D eigenvalue weighted by atomic mass is 10.0. The summed E-state index contributed by atoms with van der Waals surface area (Å²) in [4.78, 5) is 2.92. The van der Waals surface area contributed by atoms with Gasteiger partial charge in [-0.15, -0.1) is 11.8 Å². The minimum Gasteiger partial charge on any atom is -0.314 e. The van der Waals surface area contributed by atoms with Gasteiger partial charge in [0.25, 0.3) is 0 Å². The van der Waals surface area contributed by atoms with Crippen molar-refractivity contribution in [1.29, 1.82) is 0 Å². The quantitative estimate of drug-likeness (QED) is 0.810. The molecular weight excluding hydrogens is 321 g/mol. The number of thioether (sulfide) groups is 1. The summed E-state index contributed by atoms with van der Waals surface area (Å²) in [6.07, 6.45) is -4.97. The summed E-state index contributed by atoms with van der Waals surface area (Å²) in [5.74, 6) is 0. The lowest BCUT2D eigenvalue weighted by Gasteiger charge is -2.37. The molecule has 1 aliphatic rings. The molecule has 2 rings (SSSR count). The van der Waals surface area contributed by atoms with Gasteiger partial charge in [-0.05, 0) is 11.6 Å². The summed E-state index contributed by atoms with van der Waals surface area (Å²) in [5.41, 5.74) is 0.798. The second-order valence-electron chi connectivity index (χ2n) is 6.87. The normalized spacial score (nSPS) is 18.9. The van der Waals surface area contributed by atoms with Gasteiger partial charge >= 0.3 is 6.18 Å². The first-order valence-electron chi connectivity index (χ1n) is 7.95. The van der Waals surface area contributed by atoms with Gasteiger partial charge in [-0.1, -0.05) is 39.0 Å². The topological polar surface area (TPSA) is 15.3 Å². The van der Waals surface area contributed by atoms with E-state index < -0.39 is 18.6 Å². The molecule has 0 aliphatic carbocycles. The highest BCUT2D eigenvalue weighted by atomic mass is 32.2.